The molecule has 0 aromatic heterocycles. The number of carbonyl (C=O) groups is 1. The highest BCUT2D eigenvalue weighted by atomic mass is 79.9. The molecule has 0 unspecified atom stereocenters. The molecule has 24 heavy (non-hydrogen) atoms. The molecular formula is C20H24BrNO2. The summed E-state index contributed by atoms with van der Waals surface area (Å²) < 4.78 is 6.80. The van der Waals surface area contributed by atoms with Crippen LogP contribution in [-0.2, 0) is 10.2 Å². The Morgan fingerprint density at radius 3 is 2.33 bits per heavy atom. The molecule has 0 heterocycles. The van der Waals surface area contributed by atoms with E-state index in [4.69, 9.17) is 4.74 Å². The molecule has 0 spiro atoms. The molecule has 2 aromatic rings. The summed E-state index contributed by atoms with van der Waals surface area (Å²) in [5.74, 6) is 0.581. The molecule has 0 radical (unpaired) electrons. The number of hydrogen-bond donors (Lipinski definition) is 1. The topological polar surface area (TPSA) is 38.3 Å². The minimum atomic E-state index is -0.157. The molecule has 1 amide bonds. The van der Waals surface area contributed by atoms with Gasteiger partial charge in [0.2, 0.25) is 0 Å². The summed E-state index contributed by atoms with van der Waals surface area (Å²) in [4.78, 5) is 12.3. The van der Waals surface area contributed by atoms with Crippen LogP contribution >= 0.6 is 15.9 Å². The van der Waals surface area contributed by atoms with Crippen molar-refractivity contribution in [2.75, 3.05) is 11.9 Å². The summed E-state index contributed by atoms with van der Waals surface area (Å²) in [5.41, 5.74) is 3.95. The van der Waals surface area contributed by atoms with Gasteiger partial charge in [-0.3, -0.25) is 4.79 Å². The zero-order valence-corrected chi connectivity index (χ0v) is 16.5. The van der Waals surface area contributed by atoms with Crippen LogP contribution in [0.1, 0.15) is 37.5 Å². The molecule has 0 saturated heterocycles. The summed E-state index contributed by atoms with van der Waals surface area (Å²) in [6.07, 6.45) is 0. The molecule has 4 heteroatoms. The lowest BCUT2D eigenvalue weighted by atomic mass is 9.86. The summed E-state index contributed by atoms with van der Waals surface area (Å²) >= 11 is 3.49. The molecule has 0 atom stereocenters. The molecule has 0 aliphatic rings. The Hall–Kier alpha value is -1.81. The molecular weight excluding hydrogens is 366 g/mol. The van der Waals surface area contributed by atoms with E-state index in [-0.39, 0.29) is 17.9 Å². The molecule has 0 bridgehead atoms. The number of aryl methyl sites for hydroxylation is 2. The van der Waals surface area contributed by atoms with Gasteiger partial charge in [-0.2, -0.15) is 0 Å². The van der Waals surface area contributed by atoms with E-state index in [1.165, 1.54) is 0 Å². The average molecular weight is 390 g/mol. The minimum absolute atomic E-state index is 0.0154. The van der Waals surface area contributed by atoms with Crippen LogP contribution in [-0.4, -0.2) is 12.5 Å². The van der Waals surface area contributed by atoms with Crippen LogP contribution in [0.3, 0.4) is 0 Å². The lowest BCUT2D eigenvalue weighted by Crippen LogP contribution is -2.22. The highest BCUT2D eigenvalue weighted by Crippen LogP contribution is 2.33. The van der Waals surface area contributed by atoms with E-state index in [0.29, 0.717) is 0 Å². The summed E-state index contributed by atoms with van der Waals surface area (Å²) in [6.45, 7) is 10.3. The van der Waals surface area contributed by atoms with Crippen molar-refractivity contribution in [2.24, 2.45) is 0 Å². The van der Waals surface area contributed by atoms with Gasteiger partial charge in [0, 0.05) is 15.7 Å². The third-order valence-electron chi connectivity index (χ3n) is 3.85. The Kier molecular flexibility index (Phi) is 5.70. The number of benzene rings is 2. The number of anilines is 1. The van der Waals surface area contributed by atoms with E-state index in [1.807, 2.05) is 50.2 Å². The third kappa shape index (κ3) is 4.60. The molecule has 0 aliphatic carbocycles. The van der Waals surface area contributed by atoms with E-state index in [2.05, 4.69) is 42.0 Å². The predicted octanol–water partition coefficient (Wildman–Crippen LogP) is 5.38. The van der Waals surface area contributed by atoms with Crippen molar-refractivity contribution in [3.8, 4) is 5.75 Å². The Morgan fingerprint density at radius 2 is 1.75 bits per heavy atom. The van der Waals surface area contributed by atoms with Crippen LogP contribution in [0.4, 0.5) is 5.69 Å². The van der Waals surface area contributed by atoms with E-state index >= 15 is 0 Å². The maximum Gasteiger partial charge on any atom is 0.262 e. The first-order valence-electron chi connectivity index (χ1n) is 7.97. The monoisotopic (exact) mass is 389 g/mol. The molecule has 2 aromatic carbocycles. The fourth-order valence-corrected chi connectivity index (χ4v) is 2.91. The number of hydrogen-bond acceptors (Lipinski definition) is 2. The standard InChI is InChI=1S/C20H24BrNO2/c1-13-7-6-8-14(2)19(13)22-18(23)12-24-17-10-9-15(21)11-16(17)20(3,4)5/h6-11H,12H2,1-5H3,(H,22,23). The largest absolute Gasteiger partial charge is 0.483 e. The number of rotatable bonds is 4. The van der Waals surface area contributed by atoms with E-state index in [9.17, 15) is 4.79 Å². The van der Waals surface area contributed by atoms with Crippen molar-refractivity contribution in [3.05, 3.63) is 57.6 Å². The van der Waals surface area contributed by atoms with Crippen molar-refractivity contribution in [2.45, 2.75) is 40.0 Å². The first-order chi connectivity index (χ1) is 11.2. The van der Waals surface area contributed by atoms with E-state index in [0.717, 1.165) is 32.6 Å². The molecule has 0 aliphatic heterocycles. The highest BCUT2D eigenvalue weighted by Gasteiger charge is 2.20. The van der Waals surface area contributed by atoms with Crippen LogP contribution < -0.4 is 10.1 Å². The summed E-state index contributed by atoms with van der Waals surface area (Å²) in [5, 5.41) is 2.95. The first-order valence-corrected chi connectivity index (χ1v) is 8.76. The summed E-state index contributed by atoms with van der Waals surface area (Å²) in [7, 11) is 0. The fourth-order valence-electron chi connectivity index (χ4n) is 2.54. The lowest BCUT2D eigenvalue weighted by molar-refractivity contribution is -0.118. The van der Waals surface area contributed by atoms with Gasteiger partial charge < -0.3 is 10.1 Å². The average Bonchev–Trinajstić information content (AvgIpc) is 2.49. The Labute approximate surface area is 152 Å². The zero-order valence-electron chi connectivity index (χ0n) is 14.9. The van der Waals surface area contributed by atoms with Crippen LogP contribution in [0.2, 0.25) is 0 Å². The maximum absolute atomic E-state index is 12.3. The van der Waals surface area contributed by atoms with Gasteiger partial charge in [0.05, 0.1) is 0 Å². The molecule has 0 fully saturated rings. The molecule has 2 rings (SSSR count). The smallest absolute Gasteiger partial charge is 0.262 e. The highest BCUT2D eigenvalue weighted by molar-refractivity contribution is 9.10. The molecule has 128 valence electrons. The quantitative estimate of drug-likeness (QED) is 0.761. The van der Waals surface area contributed by atoms with Crippen molar-refractivity contribution in [1.29, 1.82) is 0 Å². The number of carbonyl (C=O) groups excluding carboxylic acids is 1. The Balaban J connectivity index is 2.10. The number of para-hydroxylation sites is 1. The minimum Gasteiger partial charge on any atom is -0.483 e. The zero-order chi connectivity index (χ0) is 17.9. The van der Waals surface area contributed by atoms with Crippen molar-refractivity contribution >= 4 is 27.5 Å². The van der Waals surface area contributed by atoms with Gasteiger partial charge in [0.15, 0.2) is 6.61 Å². The van der Waals surface area contributed by atoms with Gasteiger partial charge in [-0.15, -0.1) is 0 Å². The third-order valence-corrected chi connectivity index (χ3v) is 4.35. The normalized spacial score (nSPS) is 11.2. The Bertz CT molecular complexity index is 728. The van der Waals surface area contributed by atoms with Crippen LogP contribution in [0.15, 0.2) is 40.9 Å². The van der Waals surface area contributed by atoms with E-state index < -0.39 is 0 Å². The van der Waals surface area contributed by atoms with Gasteiger partial charge in [-0.05, 0) is 48.6 Å². The second-order valence-electron chi connectivity index (χ2n) is 6.99. The van der Waals surface area contributed by atoms with E-state index in [1.54, 1.807) is 0 Å². The summed E-state index contributed by atoms with van der Waals surface area (Å²) in [6, 6.07) is 11.8. The van der Waals surface area contributed by atoms with Crippen molar-refractivity contribution < 1.29 is 9.53 Å². The van der Waals surface area contributed by atoms with Gasteiger partial charge >= 0.3 is 0 Å². The number of ether oxygens (including phenoxy) is 1. The van der Waals surface area contributed by atoms with Gasteiger partial charge in [-0.25, -0.2) is 0 Å². The predicted molar refractivity (Wildman–Crippen MR) is 103 cm³/mol. The number of nitrogens with one attached hydrogen (secondary N) is 1. The van der Waals surface area contributed by atoms with Gasteiger partial charge in [0.25, 0.3) is 5.91 Å². The second kappa shape index (κ2) is 7.39. The maximum atomic E-state index is 12.3. The molecule has 3 nitrogen and oxygen atoms in total. The second-order valence-corrected chi connectivity index (χ2v) is 7.91. The first kappa shape index (κ1) is 18.5. The Morgan fingerprint density at radius 1 is 1.12 bits per heavy atom. The van der Waals surface area contributed by atoms with Gasteiger partial charge in [0.1, 0.15) is 5.75 Å². The number of halogens is 1. The lowest BCUT2D eigenvalue weighted by Gasteiger charge is -2.23. The van der Waals surface area contributed by atoms with Crippen molar-refractivity contribution in [1.82, 2.24) is 0 Å². The van der Waals surface area contributed by atoms with Crippen LogP contribution in [0.5, 0.6) is 5.75 Å². The SMILES string of the molecule is Cc1cccc(C)c1NC(=O)COc1ccc(Br)cc1C(C)(C)C. The molecule has 0 saturated carbocycles. The fraction of sp³-hybridized carbons (Fsp3) is 0.350. The van der Waals surface area contributed by atoms with Crippen LogP contribution in [0, 0.1) is 13.8 Å². The van der Waals surface area contributed by atoms with Gasteiger partial charge in [-0.1, -0.05) is 54.9 Å². The van der Waals surface area contributed by atoms with Crippen molar-refractivity contribution in [3.63, 3.8) is 0 Å². The van der Waals surface area contributed by atoms with Crippen LogP contribution in [0.25, 0.3) is 0 Å². The number of amides is 1. The molecule has 1 N–H and O–H groups in total.